The van der Waals surface area contributed by atoms with E-state index in [-0.39, 0.29) is 5.82 Å². The molecule has 2 N–H and O–H groups in total. The topological polar surface area (TPSA) is 72.4 Å². The molecule has 28 heavy (non-hydrogen) atoms. The summed E-state index contributed by atoms with van der Waals surface area (Å²) < 4.78 is 13.5. The Balaban J connectivity index is 1.31. The van der Waals surface area contributed by atoms with Crippen molar-refractivity contribution >= 4 is 22.8 Å². The highest BCUT2D eigenvalue weighted by atomic mass is 19.1. The maximum atomic E-state index is 13.5. The summed E-state index contributed by atoms with van der Waals surface area (Å²) in [5, 5.41) is 4.37. The second kappa shape index (κ2) is 8.24. The first-order valence-corrected chi connectivity index (χ1v) is 9.47. The average Bonchev–Trinajstić information content (AvgIpc) is 3.14. The van der Waals surface area contributed by atoms with E-state index in [4.69, 9.17) is 0 Å². The smallest absolute Gasteiger partial charge is 0.225 e. The molecule has 146 valence electrons. The Hall–Kier alpha value is -3.16. The van der Waals surface area contributed by atoms with E-state index in [1.807, 2.05) is 12.3 Å². The number of aliphatic imine (C=N–C) groups is 1. The molecule has 3 heterocycles. The first-order chi connectivity index (χ1) is 13.7. The van der Waals surface area contributed by atoms with Crippen LogP contribution in [0.4, 0.5) is 10.3 Å². The molecule has 2 aromatic heterocycles. The van der Waals surface area contributed by atoms with E-state index in [1.165, 1.54) is 6.07 Å². The number of halogens is 1. The summed E-state index contributed by atoms with van der Waals surface area (Å²) in [7, 11) is 1.80. The highest BCUT2D eigenvalue weighted by Gasteiger charge is 2.21. The number of hydrogen-bond acceptors (Lipinski definition) is 4. The molecule has 1 fully saturated rings. The third kappa shape index (κ3) is 3.90. The van der Waals surface area contributed by atoms with Gasteiger partial charge in [-0.05, 0) is 36.2 Å². The van der Waals surface area contributed by atoms with Crippen molar-refractivity contribution in [2.24, 2.45) is 4.99 Å². The van der Waals surface area contributed by atoms with E-state index in [0.717, 1.165) is 67.5 Å². The lowest BCUT2D eigenvalue weighted by atomic mass is 10.1. The molecule has 1 saturated heterocycles. The molecule has 0 bridgehead atoms. The molecule has 0 amide bonds. The van der Waals surface area contributed by atoms with Crippen molar-refractivity contribution in [1.82, 2.24) is 25.2 Å². The molecule has 0 radical (unpaired) electrons. The van der Waals surface area contributed by atoms with Gasteiger partial charge in [0, 0.05) is 69.3 Å². The Labute approximate surface area is 163 Å². The molecule has 8 heteroatoms. The molecule has 1 aliphatic rings. The quantitative estimate of drug-likeness (QED) is 0.535. The Morgan fingerprint density at radius 1 is 1.21 bits per heavy atom. The van der Waals surface area contributed by atoms with E-state index in [0.29, 0.717) is 0 Å². The molecule has 1 aliphatic heterocycles. The van der Waals surface area contributed by atoms with Gasteiger partial charge in [0.25, 0.3) is 0 Å². The van der Waals surface area contributed by atoms with Gasteiger partial charge < -0.3 is 20.1 Å². The van der Waals surface area contributed by atoms with Crippen LogP contribution in [0.25, 0.3) is 10.9 Å². The number of nitrogens with zero attached hydrogens (tertiary/aromatic N) is 5. The zero-order valence-corrected chi connectivity index (χ0v) is 15.9. The molecule has 7 nitrogen and oxygen atoms in total. The first-order valence-electron chi connectivity index (χ1n) is 9.47. The number of aromatic nitrogens is 3. The van der Waals surface area contributed by atoms with Crippen LogP contribution in [-0.4, -0.2) is 65.6 Å². The predicted octanol–water partition coefficient (Wildman–Crippen LogP) is 2.04. The first kappa shape index (κ1) is 18.2. The SMILES string of the molecule is CN=C(NCCc1c[nH]c2ccc(F)cc12)N1CCN(c2ncccn2)CC1. The second-order valence-corrected chi connectivity index (χ2v) is 6.75. The molecule has 0 atom stereocenters. The number of guanidine groups is 1. The van der Waals surface area contributed by atoms with E-state index >= 15 is 0 Å². The molecular weight excluding hydrogens is 357 g/mol. The van der Waals surface area contributed by atoms with Gasteiger partial charge in [-0.2, -0.15) is 0 Å². The van der Waals surface area contributed by atoms with E-state index < -0.39 is 0 Å². The fourth-order valence-corrected chi connectivity index (χ4v) is 3.57. The normalized spacial score (nSPS) is 15.3. The van der Waals surface area contributed by atoms with Crippen molar-refractivity contribution in [1.29, 1.82) is 0 Å². The number of hydrogen-bond donors (Lipinski definition) is 2. The Morgan fingerprint density at radius 3 is 2.75 bits per heavy atom. The third-order valence-corrected chi connectivity index (χ3v) is 5.03. The summed E-state index contributed by atoms with van der Waals surface area (Å²) >= 11 is 0. The van der Waals surface area contributed by atoms with Gasteiger partial charge in [-0.1, -0.05) is 0 Å². The standard InChI is InChI=1S/C20H24FN7/c1-22-19(27-9-11-28(12-10-27)20-23-6-2-7-24-20)25-8-5-15-14-26-18-4-3-16(21)13-17(15)18/h2-4,6-7,13-14,26H,5,8-12H2,1H3,(H,22,25). The minimum absolute atomic E-state index is 0.211. The van der Waals surface area contributed by atoms with Gasteiger partial charge in [0.15, 0.2) is 5.96 Å². The molecule has 0 spiro atoms. The number of benzene rings is 1. The molecule has 0 saturated carbocycles. The summed E-state index contributed by atoms with van der Waals surface area (Å²) in [6.45, 7) is 4.16. The number of anilines is 1. The van der Waals surface area contributed by atoms with Crippen molar-refractivity contribution < 1.29 is 4.39 Å². The van der Waals surface area contributed by atoms with Gasteiger partial charge in [-0.25, -0.2) is 14.4 Å². The van der Waals surface area contributed by atoms with E-state index in [9.17, 15) is 4.39 Å². The molecule has 0 unspecified atom stereocenters. The van der Waals surface area contributed by atoms with Crippen LogP contribution < -0.4 is 10.2 Å². The monoisotopic (exact) mass is 381 g/mol. The second-order valence-electron chi connectivity index (χ2n) is 6.75. The number of piperazine rings is 1. The fourth-order valence-electron chi connectivity index (χ4n) is 3.57. The minimum atomic E-state index is -0.211. The van der Waals surface area contributed by atoms with Crippen molar-refractivity contribution in [3.63, 3.8) is 0 Å². The Morgan fingerprint density at radius 2 is 2.00 bits per heavy atom. The summed E-state index contributed by atoms with van der Waals surface area (Å²) in [6.07, 6.45) is 6.28. The van der Waals surface area contributed by atoms with Gasteiger partial charge in [-0.15, -0.1) is 0 Å². The lowest BCUT2D eigenvalue weighted by molar-refractivity contribution is 0.370. The van der Waals surface area contributed by atoms with E-state index in [2.05, 4.69) is 35.1 Å². The molecular formula is C20H24FN7. The number of nitrogens with one attached hydrogen (secondary N) is 2. The fraction of sp³-hybridized carbons (Fsp3) is 0.350. The Bertz CT molecular complexity index is 946. The maximum Gasteiger partial charge on any atom is 0.225 e. The van der Waals surface area contributed by atoms with Crippen LogP contribution in [0.2, 0.25) is 0 Å². The molecule has 4 rings (SSSR count). The maximum absolute atomic E-state index is 13.5. The number of rotatable bonds is 4. The third-order valence-electron chi connectivity index (χ3n) is 5.03. The molecule has 0 aliphatic carbocycles. The van der Waals surface area contributed by atoms with E-state index in [1.54, 1.807) is 31.6 Å². The van der Waals surface area contributed by atoms with Crippen molar-refractivity contribution in [2.45, 2.75) is 6.42 Å². The number of H-pyrrole nitrogens is 1. The van der Waals surface area contributed by atoms with Crippen molar-refractivity contribution in [2.75, 3.05) is 44.7 Å². The lowest BCUT2D eigenvalue weighted by Crippen LogP contribution is -2.53. The van der Waals surface area contributed by atoms with Crippen LogP contribution in [0.1, 0.15) is 5.56 Å². The zero-order chi connectivity index (χ0) is 19.3. The van der Waals surface area contributed by atoms with Crippen molar-refractivity contribution in [3.8, 4) is 0 Å². The minimum Gasteiger partial charge on any atom is -0.361 e. The van der Waals surface area contributed by atoms with Crippen LogP contribution in [0, 0.1) is 5.82 Å². The van der Waals surface area contributed by atoms with Crippen LogP contribution in [0.15, 0.2) is 47.8 Å². The largest absolute Gasteiger partial charge is 0.361 e. The zero-order valence-electron chi connectivity index (χ0n) is 15.9. The summed E-state index contributed by atoms with van der Waals surface area (Å²) in [4.78, 5) is 20.7. The molecule has 1 aromatic carbocycles. The van der Waals surface area contributed by atoms with Gasteiger partial charge in [0.2, 0.25) is 5.95 Å². The van der Waals surface area contributed by atoms with Gasteiger partial charge >= 0.3 is 0 Å². The number of fused-ring (bicyclic) bond motifs is 1. The number of aromatic amines is 1. The summed E-state index contributed by atoms with van der Waals surface area (Å²) in [5.41, 5.74) is 2.06. The van der Waals surface area contributed by atoms with Gasteiger partial charge in [-0.3, -0.25) is 4.99 Å². The highest BCUT2D eigenvalue weighted by Crippen LogP contribution is 2.19. The average molecular weight is 381 g/mol. The van der Waals surface area contributed by atoms with Crippen LogP contribution in [0.3, 0.4) is 0 Å². The Kier molecular flexibility index (Phi) is 5.36. The van der Waals surface area contributed by atoms with Crippen LogP contribution >= 0.6 is 0 Å². The summed E-state index contributed by atoms with van der Waals surface area (Å²) in [6, 6.07) is 6.66. The van der Waals surface area contributed by atoms with Gasteiger partial charge in [0.05, 0.1) is 0 Å². The van der Waals surface area contributed by atoms with Crippen LogP contribution in [0.5, 0.6) is 0 Å². The highest BCUT2D eigenvalue weighted by molar-refractivity contribution is 5.83. The molecule has 3 aromatic rings. The summed E-state index contributed by atoms with van der Waals surface area (Å²) in [5.74, 6) is 1.45. The van der Waals surface area contributed by atoms with Crippen LogP contribution in [-0.2, 0) is 6.42 Å². The predicted molar refractivity (Wildman–Crippen MR) is 109 cm³/mol. The lowest BCUT2D eigenvalue weighted by Gasteiger charge is -2.36. The van der Waals surface area contributed by atoms with Crippen molar-refractivity contribution in [3.05, 3.63) is 54.2 Å². The van der Waals surface area contributed by atoms with Gasteiger partial charge in [0.1, 0.15) is 5.82 Å².